The zero-order valence-electron chi connectivity index (χ0n) is 10.7. The minimum atomic E-state index is -0.418. The summed E-state index contributed by atoms with van der Waals surface area (Å²) in [6, 6.07) is 0.476. The normalized spacial score (nSPS) is 16.2. The third kappa shape index (κ3) is 2.07. The van der Waals surface area contributed by atoms with Crippen LogP contribution in [0, 0.1) is 0 Å². The molecule has 0 fully saturated rings. The van der Waals surface area contributed by atoms with Crippen LogP contribution < -0.4 is 5.73 Å². The molecule has 1 aromatic rings. The number of aromatic nitrogens is 2. The molecule has 0 aliphatic carbocycles. The molecule has 0 bridgehead atoms. The Balaban J connectivity index is 2.40. The molecule has 2 heterocycles. The van der Waals surface area contributed by atoms with Crippen molar-refractivity contribution < 1.29 is 4.79 Å². The summed E-state index contributed by atoms with van der Waals surface area (Å²) >= 11 is 0. The molecule has 1 aliphatic rings. The second-order valence-corrected chi connectivity index (χ2v) is 4.76. The molecule has 0 spiro atoms. The first-order valence-electron chi connectivity index (χ1n) is 6.16. The number of imidazole rings is 1. The zero-order chi connectivity index (χ0) is 12.6. The Hall–Kier alpha value is -1.36. The molecule has 2 N–H and O–H groups in total. The largest absolute Gasteiger partial charge is 0.364 e. The fraction of sp³-hybridized carbons (Fsp3) is 0.667. The maximum absolute atomic E-state index is 11.4. The highest BCUT2D eigenvalue weighted by Gasteiger charge is 2.26. The molecule has 5 nitrogen and oxygen atoms in total. The number of hydrogen-bond acceptors (Lipinski definition) is 3. The average molecular weight is 236 g/mol. The number of aryl methyl sites for hydroxylation is 1. The average Bonchev–Trinajstić information content (AvgIpc) is 2.66. The summed E-state index contributed by atoms with van der Waals surface area (Å²) in [5.74, 6) is 0.552. The van der Waals surface area contributed by atoms with Gasteiger partial charge in [-0.05, 0) is 13.8 Å². The number of carbonyl (C=O) groups excluding carboxylic acids is 1. The van der Waals surface area contributed by atoms with Gasteiger partial charge in [0.1, 0.15) is 5.82 Å². The number of primary amides is 1. The van der Waals surface area contributed by atoms with Gasteiger partial charge in [-0.2, -0.15) is 0 Å². The van der Waals surface area contributed by atoms with E-state index in [0.717, 1.165) is 37.6 Å². The number of hydrogen-bond donors (Lipinski definition) is 1. The molecule has 2 rings (SSSR count). The molecule has 5 heteroatoms. The lowest BCUT2D eigenvalue weighted by Gasteiger charge is -2.32. The van der Waals surface area contributed by atoms with E-state index in [4.69, 9.17) is 5.73 Å². The molecule has 0 unspecified atom stereocenters. The molecule has 0 radical (unpaired) electrons. The van der Waals surface area contributed by atoms with Crippen LogP contribution in [0.2, 0.25) is 0 Å². The Kier molecular flexibility index (Phi) is 3.19. The summed E-state index contributed by atoms with van der Waals surface area (Å²) < 4.78 is 2.15. The Morgan fingerprint density at radius 2 is 2.18 bits per heavy atom. The van der Waals surface area contributed by atoms with E-state index in [1.165, 1.54) is 0 Å². The van der Waals surface area contributed by atoms with Gasteiger partial charge in [-0.25, -0.2) is 4.98 Å². The van der Waals surface area contributed by atoms with Gasteiger partial charge in [-0.3, -0.25) is 9.69 Å². The van der Waals surface area contributed by atoms with Crippen molar-refractivity contribution in [1.29, 1.82) is 0 Å². The van der Waals surface area contributed by atoms with Crippen molar-refractivity contribution in [3.05, 3.63) is 17.2 Å². The van der Waals surface area contributed by atoms with E-state index in [1.807, 2.05) is 0 Å². The van der Waals surface area contributed by atoms with Crippen molar-refractivity contribution in [2.45, 2.75) is 46.3 Å². The van der Waals surface area contributed by atoms with Gasteiger partial charge in [-0.1, -0.05) is 6.92 Å². The number of carbonyl (C=O) groups is 1. The van der Waals surface area contributed by atoms with E-state index < -0.39 is 5.91 Å². The van der Waals surface area contributed by atoms with Crippen LogP contribution in [0.4, 0.5) is 0 Å². The quantitative estimate of drug-likeness (QED) is 0.843. The first-order valence-corrected chi connectivity index (χ1v) is 6.16. The first kappa shape index (κ1) is 12.1. The van der Waals surface area contributed by atoms with Crippen molar-refractivity contribution in [2.24, 2.45) is 5.73 Å². The van der Waals surface area contributed by atoms with Crippen LogP contribution in [0.15, 0.2) is 0 Å². The van der Waals surface area contributed by atoms with Crippen LogP contribution in [0.3, 0.4) is 0 Å². The Bertz CT molecular complexity index is 436. The Morgan fingerprint density at radius 3 is 2.71 bits per heavy atom. The molecule has 94 valence electrons. The fourth-order valence-corrected chi connectivity index (χ4v) is 2.37. The van der Waals surface area contributed by atoms with Gasteiger partial charge in [0.2, 0.25) is 0 Å². The maximum atomic E-state index is 11.4. The fourth-order valence-electron chi connectivity index (χ4n) is 2.37. The van der Waals surface area contributed by atoms with Crippen molar-refractivity contribution in [2.75, 3.05) is 6.54 Å². The first-order chi connectivity index (χ1) is 8.04. The van der Waals surface area contributed by atoms with E-state index in [1.54, 1.807) is 0 Å². The topological polar surface area (TPSA) is 64.1 Å². The SMILES string of the molecule is CCc1nc(C(N)=O)c2n1CCN(C(C)C)C2. The van der Waals surface area contributed by atoms with Crippen LogP contribution in [-0.2, 0) is 19.5 Å². The van der Waals surface area contributed by atoms with Gasteiger partial charge in [0.05, 0.1) is 5.69 Å². The highest BCUT2D eigenvalue weighted by molar-refractivity contribution is 5.92. The van der Waals surface area contributed by atoms with Gasteiger partial charge in [0, 0.05) is 32.1 Å². The third-order valence-electron chi connectivity index (χ3n) is 3.40. The number of nitrogens with zero attached hydrogens (tertiary/aromatic N) is 3. The summed E-state index contributed by atoms with van der Waals surface area (Å²) in [5, 5.41) is 0. The highest BCUT2D eigenvalue weighted by atomic mass is 16.1. The van der Waals surface area contributed by atoms with Crippen molar-refractivity contribution in [1.82, 2.24) is 14.5 Å². The molecule has 0 saturated carbocycles. The highest BCUT2D eigenvalue weighted by Crippen LogP contribution is 2.20. The standard InChI is InChI=1S/C12H20N4O/c1-4-10-14-11(12(13)17)9-7-15(8(2)3)5-6-16(9)10/h8H,4-7H2,1-3H3,(H2,13,17). The smallest absolute Gasteiger partial charge is 0.269 e. The number of nitrogens with two attached hydrogens (primary N) is 1. The van der Waals surface area contributed by atoms with E-state index in [2.05, 4.69) is 35.2 Å². The lowest BCUT2D eigenvalue weighted by atomic mass is 10.2. The molecule has 17 heavy (non-hydrogen) atoms. The number of fused-ring (bicyclic) bond motifs is 1. The minimum absolute atomic E-state index is 0.418. The second-order valence-electron chi connectivity index (χ2n) is 4.76. The predicted molar refractivity (Wildman–Crippen MR) is 65.7 cm³/mol. The monoisotopic (exact) mass is 236 g/mol. The van der Waals surface area contributed by atoms with E-state index in [9.17, 15) is 4.79 Å². The van der Waals surface area contributed by atoms with Gasteiger partial charge < -0.3 is 10.3 Å². The van der Waals surface area contributed by atoms with Crippen LogP contribution >= 0.6 is 0 Å². The van der Waals surface area contributed by atoms with Crippen LogP contribution in [0.5, 0.6) is 0 Å². The predicted octanol–water partition coefficient (Wildman–Crippen LogP) is 0.768. The van der Waals surface area contributed by atoms with Crippen LogP contribution in [0.25, 0.3) is 0 Å². The molecule has 1 aromatic heterocycles. The van der Waals surface area contributed by atoms with E-state index in [-0.39, 0.29) is 0 Å². The molecular weight excluding hydrogens is 216 g/mol. The molecule has 0 aromatic carbocycles. The van der Waals surface area contributed by atoms with Crippen molar-refractivity contribution in [3.63, 3.8) is 0 Å². The van der Waals surface area contributed by atoms with E-state index in [0.29, 0.717) is 11.7 Å². The number of amides is 1. The van der Waals surface area contributed by atoms with Crippen LogP contribution in [0.1, 0.15) is 42.8 Å². The van der Waals surface area contributed by atoms with Gasteiger partial charge in [-0.15, -0.1) is 0 Å². The lowest BCUT2D eigenvalue weighted by molar-refractivity contribution is 0.0990. The summed E-state index contributed by atoms with van der Waals surface area (Å²) in [4.78, 5) is 18.1. The Morgan fingerprint density at radius 1 is 1.47 bits per heavy atom. The van der Waals surface area contributed by atoms with Gasteiger partial charge in [0.25, 0.3) is 5.91 Å². The van der Waals surface area contributed by atoms with E-state index >= 15 is 0 Å². The number of rotatable bonds is 3. The Labute approximate surface area is 102 Å². The third-order valence-corrected chi connectivity index (χ3v) is 3.40. The summed E-state index contributed by atoms with van der Waals surface area (Å²) in [6.45, 7) is 9.05. The minimum Gasteiger partial charge on any atom is -0.364 e. The second kappa shape index (κ2) is 4.49. The maximum Gasteiger partial charge on any atom is 0.269 e. The molecule has 0 atom stereocenters. The van der Waals surface area contributed by atoms with Crippen molar-refractivity contribution in [3.8, 4) is 0 Å². The van der Waals surface area contributed by atoms with Gasteiger partial charge >= 0.3 is 0 Å². The van der Waals surface area contributed by atoms with Crippen molar-refractivity contribution >= 4 is 5.91 Å². The molecule has 1 amide bonds. The zero-order valence-corrected chi connectivity index (χ0v) is 10.7. The summed E-state index contributed by atoms with van der Waals surface area (Å²) in [5.41, 5.74) is 6.83. The molecule has 1 aliphatic heterocycles. The van der Waals surface area contributed by atoms with Crippen LogP contribution in [-0.4, -0.2) is 32.9 Å². The molecule has 0 saturated heterocycles. The summed E-state index contributed by atoms with van der Waals surface area (Å²) in [7, 11) is 0. The van der Waals surface area contributed by atoms with Gasteiger partial charge in [0.15, 0.2) is 5.69 Å². The molecular formula is C12H20N4O. The summed E-state index contributed by atoms with van der Waals surface area (Å²) in [6.07, 6.45) is 0.835. The lowest BCUT2D eigenvalue weighted by Crippen LogP contribution is -2.39.